The number of imidazole rings is 1. The monoisotopic (exact) mass is 529 g/mol. The van der Waals surface area contributed by atoms with Gasteiger partial charge in [-0.05, 0) is 67.5 Å². The summed E-state index contributed by atoms with van der Waals surface area (Å²) in [4.78, 5) is 19.3. The lowest BCUT2D eigenvalue weighted by Crippen LogP contribution is -2.34. The van der Waals surface area contributed by atoms with Gasteiger partial charge in [-0.25, -0.2) is 22.2 Å². The predicted molar refractivity (Wildman–Crippen MR) is 132 cm³/mol. The van der Waals surface area contributed by atoms with E-state index in [0.29, 0.717) is 36.9 Å². The van der Waals surface area contributed by atoms with Crippen molar-refractivity contribution in [3.63, 3.8) is 0 Å². The van der Waals surface area contributed by atoms with Gasteiger partial charge in [0.15, 0.2) is 0 Å². The molecule has 2 heterocycles. The van der Waals surface area contributed by atoms with E-state index in [1.165, 1.54) is 48.7 Å². The van der Waals surface area contributed by atoms with Crippen LogP contribution in [0.2, 0.25) is 0 Å². The second-order valence-electron chi connectivity index (χ2n) is 9.80. The normalized spacial score (nSPS) is 17.7. The minimum absolute atomic E-state index is 0.105. The lowest BCUT2D eigenvalue weighted by atomic mass is 10.1. The Bertz CT molecular complexity index is 1360. The van der Waals surface area contributed by atoms with Crippen LogP contribution in [0, 0.1) is 17.6 Å². The van der Waals surface area contributed by atoms with Gasteiger partial charge < -0.3 is 14.2 Å². The minimum atomic E-state index is -3.88. The number of sulfone groups is 1. The number of halogens is 2. The number of carbonyl (C=O) groups excluding carboxylic acids is 1. The number of ether oxygens (including phenoxy) is 1. The first kappa shape index (κ1) is 25.5. The molecule has 0 spiro atoms. The molecule has 1 aliphatic carbocycles. The Morgan fingerprint density at radius 1 is 1.08 bits per heavy atom. The number of amides is 1. The third-order valence-corrected chi connectivity index (χ3v) is 8.34. The molecule has 2 fully saturated rings. The van der Waals surface area contributed by atoms with Crippen molar-refractivity contribution < 1.29 is 26.7 Å². The van der Waals surface area contributed by atoms with E-state index in [4.69, 9.17) is 4.74 Å². The van der Waals surface area contributed by atoms with Crippen molar-refractivity contribution in [2.24, 2.45) is 5.92 Å². The number of aromatic nitrogens is 2. The first-order valence-electron chi connectivity index (χ1n) is 12.5. The Labute approximate surface area is 215 Å². The summed E-state index contributed by atoms with van der Waals surface area (Å²) in [5.74, 6) is -1.21. The highest BCUT2D eigenvalue weighted by molar-refractivity contribution is 7.90. The Balaban J connectivity index is 1.46. The summed E-state index contributed by atoms with van der Waals surface area (Å²) in [6.07, 6.45) is 5.04. The van der Waals surface area contributed by atoms with Crippen molar-refractivity contribution in [1.29, 1.82) is 0 Å². The molecule has 1 saturated carbocycles. The highest BCUT2D eigenvalue weighted by Crippen LogP contribution is 2.31. The Morgan fingerprint density at radius 2 is 1.86 bits per heavy atom. The molecule has 3 aromatic rings. The van der Waals surface area contributed by atoms with Gasteiger partial charge in [-0.15, -0.1) is 0 Å². The minimum Gasteiger partial charge on any atom is -0.376 e. The molecule has 7 nitrogen and oxygen atoms in total. The molecule has 2 aliphatic rings. The second-order valence-corrected chi connectivity index (χ2v) is 11.7. The third kappa shape index (κ3) is 6.24. The predicted octanol–water partition coefficient (Wildman–Crippen LogP) is 4.37. The van der Waals surface area contributed by atoms with Crippen molar-refractivity contribution in [3.05, 3.63) is 83.2 Å². The average Bonchev–Trinajstić information content (AvgIpc) is 3.36. The van der Waals surface area contributed by atoms with Crippen molar-refractivity contribution in [1.82, 2.24) is 14.5 Å². The fourth-order valence-electron chi connectivity index (χ4n) is 4.65. The summed E-state index contributed by atoms with van der Waals surface area (Å²) in [5, 5.41) is -0.105. The SMILES string of the molecule is O=C(c1cccc(F)c1)N(Cc1cnc(S(=O)(=O)Cc2ccc(F)cc2)n1C[C@H]1CCCO1)CC1CC1. The number of benzene rings is 2. The zero-order valence-corrected chi connectivity index (χ0v) is 21.2. The Hall–Kier alpha value is -3.11. The molecule has 1 saturated heterocycles. The quantitative estimate of drug-likeness (QED) is 0.390. The molecule has 1 amide bonds. The van der Waals surface area contributed by atoms with Gasteiger partial charge in [-0.1, -0.05) is 18.2 Å². The van der Waals surface area contributed by atoms with Crippen molar-refractivity contribution in [3.8, 4) is 0 Å². The topological polar surface area (TPSA) is 81.5 Å². The largest absolute Gasteiger partial charge is 0.376 e. The van der Waals surface area contributed by atoms with Crippen molar-refractivity contribution in [2.75, 3.05) is 13.2 Å². The van der Waals surface area contributed by atoms with Gasteiger partial charge in [0.25, 0.3) is 5.91 Å². The van der Waals surface area contributed by atoms with Crippen LogP contribution in [0.5, 0.6) is 0 Å². The van der Waals surface area contributed by atoms with E-state index in [1.54, 1.807) is 15.5 Å². The van der Waals surface area contributed by atoms with Crippen LogP contribution < -0.4 is 0 Å². The van der Waals surface area contributed by atoms with E-state index < -0.39 is 21.5 Å². The smallest absolute Gasteiger partial charge is 0.254 e. The molecule has 37 heavy (non-hydrogen) atoms. The summed E-state index contributed by atoms with van der Waals surface area (Å²) in [7, 11) is -3.88. The molecule has 1 atom stereocenters. The van der Waals surface area contributed by atoms with Gasteiger partial charge in [0.2, 0.25) is 15.0 Å². The molecule has 0 N–H and O–H groups in total. The van der Waals surface area contributed by atoms with Crippen LogP contribution in [0.4, 0.5) is 8.78 Å². The zero-order valence-electron chi connectivity index (χ0n) is 20.4. The van der Waals surface area contributed by atoms with Gasteiger partial charge in [0, 0.05) is 18.7 Å². The van der Waals surface area contributed by atoms with Gasteiger partial charge in [0.1, 0.15) is 11.6 Å². The van der Waals surface area contributed by atoms with E-state index >= 15 is 0 Å². The fraction of sp³-hybridized carbons (Fsp3) is 0.407. The molecule has 1 aromatic heterocycles. The molecule has 2 aromatic carbocycles. The van der Waals surface area contributed by atoms with Crippen molar-refractivity contribution >= 4 is 15.7 Å². The molecule has 5 rings (SSSR count). The summed E-state index contributed by atoms with van der Waals surface area (Å²) in [6, 6.07) is 10.9. The molecule has 1 aliphatic heterocycles. The van der Waals surface area contributed by atoms with Crippen LogP contribution in [0.15, 0.2) is 59.9 Å². The highest BCUT2D eigenvalue weighted by atomic mass is 32.2. The lowest BCUT2D eigenvalue weighted by molar-refractivity contribution is 0.0723. The second kappa shape index (κ2) is 10.7. The van der Waals surface area contributed by atoms with Crippen LogP contribution in [0.3, 0.4) is 0 Å². The number of rotatable bonds is 10. The first-order valence-corrected chi connectivity index (χ1v) is 14.1. The third-order valence-electron chi connectivity index (χ3n) is 6.75. The molecule has 10 heteroatoms. The Kier molecular flexibility index (Phi) is 7.39. The van der Waals surface area contributed by atoms with Crippen LogP contribution in [-0.4, -0.2) is 48.0 Å². The molecular formula is C27H29F2N3O4S. The van der Waals surface area contributed by atoms with Gasteiger partial charge in [0.05, 0.1) is 36.8 Å². The summed E-state index contributed by atoms with van der Waals surface area (Å²) in [6.45, 7) is 1.53. The number of hydrogen-bond acceptors (Lipinski definition) is 5. The van der Waals surface area contributed by atoms with E-state index in [-0.39, 0.29) is 35.0 Å². The first-order chi connectivity index (χ1) is 17.8. The van der Waals surface area contributed by atoms with Gasteiger partial charge >= 0.3 is 0 Å². The molecule has 0 bridgehead atoms. The maximum absolute atomic E-state index is 13.8. The zero-order chi connectivity index (χ0) is 26.0. The summed E-state index contributed by atoms with van der Waals surface area (Å²) in [5.41, 5.74) is 1.26. The maximum atomic E-state index is 13.8. The van der Waals surface area contributed by atoms with Gasteiger partial charge in [-0.2, -0.15) is 0 Å². The Morgan fingerprint density at radius 3 is 2.54 bits per heavy atom. The number of hydrogen-bond donors (Lipinski definition) is 0. The van der Waals surface area contributed by atoms with Gasteiger partial charge in [-0.3, -0.25) is 4.79 Å². The van der Waals surface area contributed by atoms with Crippen LogP contribution >= 0.6 is 0 Å². The lowest BCUT2D eigenvalue weighted by Gasteiger charge is -2.24. The molecule has 0 radical (unpaired) electrons. The van der Waals surface area contributed by atoms with Crippen LogP contribution in [0.25, 0.3) is 0 Å². The van der Waals surface area contributed by atoms with E-state index in [2.05, 4.69) is 4.98 Å². The summed E-state index contributed by atoms with van der Waals surface area (Å²) < 4.78 is 61.4. The van der Waals surface area contributed by atoms with Crippen LogP contribution in [0.1, 0.15) is 47.3 Å². The van der Waals surface area contributed by atoms with Crippen LogP contribution in [-0.2, 0) is 33.4 Å². The summed E-state index contributed by atoms with van der Waals surface area (Å²) >= 11 is 0. The fourth-order valence-corrected chi connectivity index (χ4v) is 6.15. The standard InChI is InChI=1S/C27H29F2N3O4S/c28-22-10-8-20(9-11-22)18-37(34,35)27-30-14-24(32(27)17-25-5-2-12-36-25)16-31(15-19-6-7-19)26(33)21-3-1-4-23(29)13-21/h1,3-4,8-11,13-14,19,25H,2,5-7,12,15-18H2/t25-/m1/s1. The molecular weight excluding hydrogens is 500 g/mol. The maximum Gasteiger partial charge on any atom is 0.254 e. The molecule has 0 unspecified atom stereocenters. The average molecular weight is 530 g/mol. The molecule has 196 valence electrons. The number of carbonyl (C=O) groups is 1. The van der Waals surface area contributed by atoms with E-state index in [1.807, 2.05) is 0 Å². The highest BCUT2D eigenvalue weighted by Gasteiger charge is 2.31. The van der Waals surface area contributed by atoms with Crippen molar-refractivity contribution in [2.45, 2.75) is 55.8 Å². The van der Waals surface area contributed by atoms with E-state index in [9.17, 15) is 22.0 Å². The number of nitrogens with zero attached hydrogens (tertiary/aromatic N) is 3. The van der Waals surface area contributed by atoms with E-state index in [0.717, 1.165) is 25.7 Å².